The summed E-state index contributed by atoms with van der Waals surface area (Å²) in [6.45, 7) is 1.95. The summed E-state index contributed by atoms with van der Waals surface area (Å²) in [6, 6.07) is 12.2. The summed E-state index contributed by atoms with van der Waals surface area (Å²) in [5, 5.41) is 5.28. The Morgan fingerprint density at radius 2 is 1.90 bits per heavy atom. The number of ether oxygens (including phenoxy) is 1. The number of hydrogen-bond acceptors (Lipinski definition) is 4. The summed E-state index contributed by atoms with van der Waals surface area (Å²) in [7, 11) is 1.69. The van der Waals surface area contributed by atoms with Gasteiger partial charge in [-0.25, -0.2) is 4.98 Å². The van der Waals surface area contributed by atoms with Gasteiger partial charge in [0, 0.05) is 22.4 Å². The zero-order chi connectivity index (χ0) is 14.1. The minimum absolute atomic E-state index is 0.0375. The van der Waals surface area contributed by atoms with Gasteiger partial charge in [0.25, 0.3) is 0 Å². The summed E-state index contributed by atoms with van der Waals surface area (Å²) in [5.41, 5.74) is 7.95. The first-order chi connectivity index (χ1) is 9.70. The van der Waals surface area contributed by atoms with Gasteiger partial charge < -0.3 is 10.5 Å². The lowest BCUT2D eigenvalue weighted by atomic mass is 10.0. The number of rotatable bonds is 3. The molecule has 0 spiro atoms. The van der Waals surface area contributed by atoms with E-state index >= 15 is 0 Å². The third-order valence-corrected chi connectivity index (χ3v) is 4.22. The van der Waals surface area contributed by atoms with Crippen LogP contribution in [0.4, 0.5) is 0 Å². The summed E-state index contributed by atoms with van der Waals surface area (Å²) in [4.78, 5) is 4.64. The summed E-state index contributed by atoms with van der Waals surface area (Å²) in [5.74, 6) is 0.883. The van der Waals surface area contributed by atoms with Crippen LogP contribution in [0.5, 0.6) is 5.75 Å². The molecule has 0 radical (unpaired) electrons. The molecule has 0 saturated heterocycles. The van der Waals surface area contributed by atoms with Crippen LogP contribution in [0.1, 0.15) is 18.7 Å². The minimum Gasteiger partial charge on any atom is -0.496 e. The Balaban J connectivity index is 2.21. The van der Waals surface area contributed by atoms with Gasteiger partial charge in [-0.1, -0.05) is 24.3 Å². The van der Waals surface area contributed by atoms with Crippen molar-refractivity contribution in [3.05, 3.63) is 47.5 Å². The molecular weight excluding hydrogens is 268 g/mol. The van der Waals surface area contributed by atoms with Gasteiger partial charge in [0.2, 0.25) is 0 Å². The van der Waals surface area contributed by atoms with Gasteiger partial charge in [-0.05, 0) is 24.4 Å². The van der Waals surface area contributed by atoms with Gasteiger partial charge >= 0.3 is 0 Å². The lowest BCUT2D eigenvalue weighted by Gasteiger charge is -2.08. The Bertz CT molecular complexity index is 749. The normalized spacial score (nSPS) is 12.6. The molecule has 3 rings (SSSR count). The molecular formula is C16H16N2OS. The smallest absolute Gasteiger partial charge is 0.126 e. The van der Waals surface area contributed by atoms with Crippen LogP contribution in [-0.4, -0.2) is 12.1 Å². The molecule has 4 heteroatoms. The fourth-order valence-electron chi connectivity index (χ4n) is 2.25. The molecule has 0 fully saturated rings. The molecule has 102 valence electrons. The Kier molecular flexibility index (Phi) is 3.42. The van der Waals surface area contributed by atoms with E-state index in [1.165, 1.54) is 0 Å². The predicted molar refractivity (Wildman–Crippen MR) is 84.2 cm³/mol. The maximum absolute atomic E-state index is 5.89. The fourth-order valence-corrected chi connectivity index (χ4v) is 3.22. The van der Waals surface area contributed by atoms with Crippen LogP contribution < -0.4 is 10.5 Å². The quantitative estimate of drug-likeness (QED) is 0.791. The highest BCUT2D eigenvalue weighted by Gasteiger charge is 2.12. The van der Waals surface area contributed by atoms with Gasteiger partial charge in [-0.3, -0.25) is 0 Å². The number of hydrogen-bond donors (Lipinski definition) is 1. The first kappa shape index (κ1) is 13.1. The highest BCUT2D eigenvalue weighted by molar-refractivity contribution is 7.13. The molecule has 3 nitrogen and oxygen atoms in total. The number of nitrogens with two attached hydrogens (primary N) is 1. The van der Waals surface area contributed by atoms with E-state index in [4.69, 9.17) is 10.5 Å². The molecule has 0 aliphatic rings. The van der Waals surface area contributed by atoms with E-state index in [-0.39, 0.29) is 6.04 Å². The molecule has 3 aromatic rings. The SMILES string of the molecule is COc1ccc(-c2nc(C(C)N)cs2)c2ccccc12. The number of aromatic nitrogens is 1. The molecule has 20 heavy (non-hydrogen) atoms. The van der Waals surface area contributed by atoms with Gasteiger partial charge in [0.1, 0.15) is 10.8 Å². The second-order valence-corrected chi connectivity index (χ2v) is 5.59. The third kappa shape index (κ3) is 2.17. The van der Waals surface area contributed by atoms with Crippen LogP contribution in [0.25, 0.3) is 21.3 Å². The Hall–Kier alpha value is -1.91. The van der Waals surface area contributed by atoms with Crippen LogP contribution in [0.3, 0.4) is 0 Å². The Morgan fingerprint density at radius 3 is 2.55 bits per heavy atom. The van der Waals surface area contributed by atoms with Gasteiger partial charge in [0.15, 0.2) is 0 Å². The van der Waals surface area contributed by atoms with E-state index in [0.717, 1.165) is 32.8 Å². The first-order valence-electron chi connectivity index (χ1n) is 6.48. The van der Waals surface area contributed by atoms with E-state index in [1.807, 2.05) is 30.5 Å². The molecule has 1 heterocycles. The van der Waals surface area contributed by atoms with E-state index in [0.29, 0.717) is 0 Å². The predicted octanol–water partition coefficient (Wildman–Crippen LogP) is 3.99. The van der Waals surface area contributed by atoms with Gasteiger partial charge in [0.05, 0.1) is 12.8 Å². The lowest BCUT2D eigenvalue weighted by molar-refractivity contribution is 0.420. The van der Waals surface area contributed by atoms with Crippen molar-refractivity contribution in [2.24, 2.45) is 5.73 Å². The minimum atomic E-state index is -0.0375. The number of thiazole rings is 1. The van der Waals surface area contributed by atoms with Crippen LogP contribution >= 0.6 is 11.3 Å². The maximum atomic E-state index is 5.89. The Labute approximate surface area is 122 Å². The summed E-state index contributed by atoms with van der Waals surface area (Å²) in [6.07, 6.45) is 0. The van der Waals surface area contributed by atoms with Crippen molar-refractivity contribution in [3.63, 3.8) is 0 Å². The lowest BCUT2D eigenvalue weighted by Crippen LogP contribution is -2.04. The van der Waals surface area contributed by atoms with E-state index < -0.39 is 0 Å². The summed E-state index contributed by atoms with van der Waals surface area (Å²) >= 11 is 1.63. The molecule has 1 atom stereocenters. The molecule has 0 amide bonds. The second-order valence-electron chi connectivity index (χ2n) is 4.73. The fraction of sp³-hybridized carbons (Fsp3) is 0.188. The van der Waals surface area contributed by atoms with Gasteiger partial charge in [-0.15, -0.1) is 11.3 Å². The summed E-state index contributed by atoms with van der Waals surface area (Å²) < 4.78 is 5.42. The van der Waals surface area contributed by atoms with E-state index in [1.54, 1.807) is 18.4 Å². The van der Waals surface area contributed by atoms with Gasteiger partial charge in [-0.2, -0.15) is 0 Å². The topological polar surface area (TPSA) is 48.1 Å². The average molecular weight is 284 g/mol. The largest absolute Gasteiger partial charge is 0.496 e. The van der Waals surface area contributed by atoms with Crippen LogP contribution in [0.15, 0.2) is 41.8 Å². The molecule has 1 unspecified atom stereocenters. The van der Waals surface area contributed by atoms with Crippen LogP contribution in [0.2, 0.25) is 0 Å². The molecule has 0 bridgehead atoms. The monoisotopic (exact) mass is 284 g/mol. The average Bonchev–Trinajstić information content (AvgIpc) is 2.96. The van der Waals surface area contributed by atoms with Crippen LogP contribution in [-0.2, 0) is 0 Å². The molecule has 0 aliphatic carbocycles. The third-order valence-electron chi connectivity index (χ3n) is 3.32. The second kappa shape index (κ2) is 5.23. The zero-order valence-electron chi connectivity index (χ0n) is 11.5. The van der Waals surface area contributed by atoms with E-state index in [9.17, 15) is 0 Å². The number of fused-ring (bicyclic) bond motifs is 1. The molecule has 2 N–H and O–H groups in total. The van der Waals surface area contributed by atoms with Crippen molar-refractivity contribution in [3.8, 4) is 16.3 Å². The standard InChI is InChI=1S/C16H16N2OS/c1-10(17)14-9-20-16(18-14)13-7-8-15(19-2)12-6-4-3-5-11(12)13/h3-10H,17H2,1-2H3. The zero-order valence-corrected chi connectivity index (χ0v) is 12.3. The van der Waals surface area contributed by atoms with Crippen molar-refractivity contribution in [1.82, 2.24) is 4.98 Å². The highest BCUT2D eigenvalue weighted by Crippen LogP contribution is 2.36. The number of methoxy groups -OCH3 is 1. The molecule has 0 aliphatic heterocycles. The van der Waals surface area contributed by atoms with Crippen molar-refractivity contribution in [2.75, 3.05) is 7.11 Å². The highest BCUT2D eigenvalue weighted by atomic mass is 32.1. The van der Waals surface area contributed by atoms with Crippen molar-refractivity contribution < 1.29 is 4.74 Å². The number of nitrogens with zero attached hydrogens (tertiary/aromatic N) is 1. The first-order valence-corrected chi connectivity index (χ1v) is 7.36. The maximum Gasteiger partial charge on any atom is 0.126 e. The molecule has 0 saturated carbocycles. The van der Waals surface area contributed by atoms with Crippen molar-refractivity contribution in [2.45, 2.75) is 13.0 Å². The molecule has 2 aromatic carbocycles. The van der Waals surface area contributed by atoms with Crippen molar-refractivity contribution >= 4 is 22.1 Å². The Morgan fingerprint density at radius 1 is 1.15 bits per heavy atom. The van der Waals surface area contributed by atoms with Crippen molar-refractivity contribution in [1.29, 1.82) is 0 Å². The van der Waals surface area contributed by atoms with Crippen LogP contribution in [0, 0.1) is 0 Å². The molecule has 1 aromatic heterocycles. The number of benzene rings is 2. The van der Waals surface area contributed by atoms with E-state index in [2.05, 4.69) is 23.2 Å².